The van der Waals surface area contributed by atoms with Crippen molar-refractivity contribution in [2.45, 2.75) is 25.5 Å². The van der Waals surface area contributed by atoms with Gasteiger partial charge in [0.25, 0.3) is 0 Å². The van der Waals surface area contributed by atoms with Crippen molar-refractivity contribution in [3.8, 4) is 5.75 Å². The van der Waals surface area contributed by atoms with Crippen LogP contribution in [0.25, 0.3) is 0 Å². The van der Waals surface area contributed by atoms with Crippen molar-refractivity contribution >= 4 is 17.5 Å². The zero-order valence-electron chi connectivity index (χ0n) is 16.2. The Labute approximate surface area is 173 Å². The van der Waals surface area contributed by atoms with E-state index in [-0.39, 0.29) is 18.2 Å². The number of anilines is 1. The number of fused-ring (bicyclic) bond motifs is 1. The van der Waals surface area contributed by atoms with Crippen LogP contribution in [0.3, 0.4) is 0 Å². The molecule has 3 aromatic rings. The van der Waals surface area contributed by atoms with E-state index in [0.29, 0.717) is 24.4 Å². The first-order valence-corrected chi connectivity index (χ1v) is 9.71. The molecule has 0 aromatic heterocycles. The van der Waals surface area contributed by atoms with Crippen molar-refractivity contribution in [1.29, 1.82) is 0 Å². The second-order valence-corrected chi connectivity index (χ2v) is 7.17. The molecule has 1 aliphatic rings. The number of hydrogen-bond donors (Lipinski definition) is 2. The minimum absolute atomic E-state index is 0.0419. The van der Waals surface area contributed by atoms with Gasteiger partial charge in [-0.1, -0.05) is 48.5 Å². The Morgan fingerprint density at radius 2 is 1.77 bits per heavy atom. The molecule has 4 rings (SSSR count). The molecule has 1 aliphatic heterocycles. The predicted molar refractivity (Wildman–Crippen MR) is 111 cm³/mol. The highest BCUT2D eigenvalue weighted by molar-refractivity contribution is 6.01. The van der Waals surface area contributed by atoms with Gasteiger partial charge < -0.3 is 15.4 Å². The summed E-state index contributed by atoms with van der Waals surface area (Å²) in [5.41, 5.74) is 2.94. The Bertz CT molecular complexity index is 1050. The highest BCUT2D eigenvalue weighted by atomic mass is 19.1. The van der Waals surface area contributed by atoms with E-state index in [1.54, 1.807) is 6.07 Å². The fourth-order valence-electron chi connectivity index (χ4n) is 3.42. The molecule has 5 nitrogen and oxygen atoms in total. The summed E-state index contributed by atoms with van der Waals surface area (Å²) in [6.07, 6.45) is 0.0419. The van der Waals surface area contributed by atoms with E-state index in [1.807, 2.05) is 54.6 Å². The van der Waals surface area contributed by atoms with Crippen LogP contribution in [0.2, 0.25) is 0 Å². The van der Waals surface area contributed by atoms with Crippen LogP contribution in [0.5, 0.6) is 5.75 Å². The highest BCUT2D eigenvalue weighted by Crippen LogP contribution is 2.32. The number of para-hydroxylation sites is 1. The Balaban J connectivity index is 1.34. The number of benzene rings is 3. The topological polar surface area (TPSA) is 67.4 Å². The van der Waals surface area contributed by atoms with E-state index in [0.717, 1.165) is 16.9 Å². The van der Waals surface area contributed by atoms with Gasteiger partial charge in [0.1, 0.15) is 18.2 Å². The summed E-state index contributed by atoms with van der Waals surface area (Å²) in [4.78, 5) is 24.6. The molecule has 30 heavy (non-hydrogen) atoms. The largest absolute Gasteiger partial charge is 0.489 e. The van der Waals surface area contributed by atoms with Crippen molar-refractivity contribution in [2.24, 2.45) is 0 Å². The second kappa shape index (κ2) is 8.78. The third-order valence-electron chi connectivity index (χ3n) is 5.01. The van der Waals surface area contributed by atoms with E-state index in [2.05, 4.69) is 10.6 Å². The number of ether oxygens (including phenoxy) is 1. The number of halogens is 1. The Morgan fingerprint density at radius 1 is 1.03 bits per heavy atom. The lowest BCUT2D eigenvalue weighted by Gasteiger charge is -2.25. The minimum atomic E-state index is -0.632. The van der Waals surface area contributed by atoms with Gasteiger partial charge in [-0.05, 0) is 41.0 Å². The van der Waals surface area contributed by atoms with Crippen LogP contribution in [0, 0.1) is 5.82 Å². The molecule has 0 fully saturated rings. The molecule has 2 N–H and O–H groups in total. The molecule has 1 heterocycles. The lowest BCUT2D eigenvalue weighted by atomic mass is 9.89. The summed E-state index contributed by atoms with van der Waals surface area (Å²) in [5.74, 6) is -0.824. The van der Waals surface area contributed by atoms with Crippen LogP contribution in [0.15, 0.2) is 72.8 Å². The normalized spacial score (nSPS) is 15.1. The SMILES string of the molecule is O=C1CC(C(=O)NCc2ccc(COc3ccccc3)cc2)c2ccc(F)cc2N1. The molecular weight excluding hydrogens is 383 g/mol. The van der Waals surface area contributed by atoms with Gasteiger partial charge in [-0.2, -0.15) is 0 Å². The van der Waals surface area contributed by atoms with Gasteiger partial charge in [-0.3, -0.25) is 9.59 Å². The molecule has 3 aromatic carbocycles. The third-order valence-corrected chi connectivity index (χ3v) is 5.01. The first-order valence-electron chi connectivity index (χ1n) is 9.71. The maximum absolute atomic E-state index is 13.4. The molecule has 152 valence electrons. The molecule has 0 radical (unpaired) electrons. The standard InChI is InChI=1S/C24H21FN2O3/c25-18-10-11-20-21(13-23(28)27-22(20)12-18)24(29)26-14-16-6-8-17(9-7-16)15-30-19-4-2-1-3-5-19/h1-12,21H,13-15H2,(H,26,29)(H,27,28). The van der Waals surface area contributed by atoms with E-state index in [9.17, 15) is 14.0 Å². The zero-order chi connectivity index (χ0) is 20.9. The van der Waals surface area contributed by atoms with Crippen molar-refractivity contribution in [3.05, 3.63) is 95.3 Å². The maximum atomic E-state index is 13.4. The zero-order valence-corrected chi connectivity index (χ0v) is 16.2. The number of nitrogens with one attached hydrogen (secondary N) is 2. The van der Waals surface area contributed by atoms with Gasteiger partial charge in [-0.25, -0.2) is 4.39 Å². The van der Waals surface area contributed by atoms with Crippen molar-refractivity contribution in [2.75, 3.05) is 5.32 Å². The summed E-state index contributed by atoms with van der Waals surface area (Å²) in [5, 5.41) is 5.50. The molecule has 1 atom stereocenters. The number of carbonyl (C=O) groups is 2. The molecule has 2 amide bonds. The molecular formula is C24H21FN2O3. The molecule has 1 unspecified atom stereocenters. The van der Waals surface area contributed by atoms with Crippen LogP contribution in [-0.2, 0) is 22.7 Å². The number of rotatable bonds is 6. The predicted octanol–water partition coefficient (Wildman–Crippen LogP) is 4.15. The minimum Gasteiger partial charge on any atom is -0.489 e. The van der Waals surface area contributed by atoms with E-state index < -0.39 is 11.7 Å². The average Bonchev–Trinajstić information content (AvgIpc) is 2.76. The monoisotopic (exact) mass is 404 g/mol. The molecule has 0 saturated heterocycles. The van der Waals surface area contributed by atoms with Gasteiger partial charge >= 0.3 is 0 Å². The fourth-order valence-corrected chi connectivity index (χ4v) is 3.42. The van der Waals surface area contributed by atoms with Crippen LogP contribution in [-0.4, -0.2) is 11.8 Å². The van der Waals surface area contributed by atoms with Gasteiger partial charge in [0, 0.05) is 18.7 Å². The Hall–Kier alpha value is -3.67. The quantitative estimate of drug-likeness (QED) is 0.649. The Kier molecular flexibility index (Phi) is 5.75. The van der Waals surface area contributed by atoms with E-state index in [1.165, 1.54) is 12.1 Å². The van der Waals surface area contributed by atoms with Crippen LogP contribution in [0.1, 0.15) is 29.0 Å². The summed E-state index contributed by atoms with van der Waals surface area (Å²) >= 11 is 0. The van der Waals surface area contributed by atoms with E-state index >= 15 is 0 Å². The van der Waals surface area contributed by atoms with Gasteiger partial charge in [0.05, 0.1) is 5.92 Å². The second-order valence-electron chi connectivity index (χ2n) is 7.17. The van der Waals surface area contributed by atoms with E-state index in [4.69, 9.17) is 4.74 Å². The molecule has 0 saturated carbocycles. The van der Waals surface area contributed by atoms with Crippen LogP contribution < -0.4 is 15.4 Å². The summed E-state index contributed by atoms with van der Waals surface area (Å²) in [6.45, 7) is 0.800. The molecule has 6 heteroatoms. The summed E-state index contributed by atoms with van der Waals surface area (Å²) in [7, 11) is 0. The van der Waals surface area contributed by atoms with Crippen LogP contribution >= 0.6 is 0 Å². The van der Waals surface area contributed by atoms with Crippen LogP contribution in [0.4, 0.5) is 10.1 Å². The molecule has 0 bridgehead atoms. The first kappa shape index (κ1) is 19.6. The van der Waals surface area contributed by atoms with Crippen molar-refractivity contribution in [3.63, 3.8) is 0 Å². The average molecular weight is 404 g/mol. The van der Waals surface area contributed by atoms with Gasteiger partial charge in [-0.15, -0.1) is 0 Å². The maximum Gasteiger partial charge on any atom is 0.228 e. The third kappa shape index (κ3) is 4.66. The fraction of sp³-hybridized carbons (Fsp3) is 0.167. The highest BCUT2D eigenvalue weighted by Gasteiger charge is 2.30. The smallest absolute Gasteiger partial charge is 0.228 e. The first-order chi connectivity index (χ1) is 14.6. The Morgan fingerprint density at radius 3 is 2.53 bits per heavy atom. The lowest BCUT2D eigenvalue weighted by molar-refractivity contribution is -0.126. The number of amides is 2. The summed E-state index contributed by atoms with van der Waals surface area (Å²) < 4.78 is 19.2. The number of carbonyl (C=O) groups excluding carboxylic acids is 2. The van der Waals surface area contributed by atoms with Gasteiger partial charge in [0.15, 0.2) is 0 Å². The molecule has 0 aliphatic carbocycles. The summed E-state index contributed by atoms with van der Waals surface area (Å²) in [6, 6.07) is 21.5. The van der Waals surface area contributed by atoms with Crippen molar-refractivity contribution < 1.29 is 18.7 Å². The molecule has 0 spiro atoms. The van der Waals surface area contributed by atoms with Gasteiger partial charge in [0.2, 0.25) is 11.8 Å². The van der Waals surface area contributed by atoms with Crippen molar-refractivity contribution in [1.82, 2.24) is 5.32 Å². The number of hydrogen-bond acceptors (Lipinski definition) is 3. The lowest BCUT2D eigenvalue weighted by Crippen LogP contribution is -2.34.